The normalized spacial score (nSPS) is 16.8. The number of benzene rings is 2. The molecule has 1 aliphatic rings. The smallest absolute Gasteiger partial charge is 0.264 e. The summed E-state index contributed by atoms with van der Waals surface area (Å²) in [4.78, 5) is 17.3. The van der Waals surface area contributed by atoms with Gasteiger partial charge in [-0.25, -0.2) is 4.99 Å². The lowest BCUT2D eigenvalue weighted by Crippen LogP contribution is -2.19. The molecule has 0 bridgehead atoms. The predicted molar refractivity (Wildman–Crippen MR) is 116 cm³/mol. The van der Waals surface area contributed by atoms with Crippen LogP contribution in [0.2, 0.25) is 10.0 Å². The molecule has 4 nitrogen and oxygen atoms in total. The zero-order chi connectivity index (χ0) is 19.7. The van der Waals surface area contributed by atoms with Crippen LogP contribution in [0.4, 0.5) is 5.69 Å². The van der Waals surface area contributed by atoms with Gasteiger partial charge in [-0.3, -0.25) is 4.79 Å². The van der Waals surface area contributed by atoms with Gasteiger partial charge in [-0.05, 0) is 60.6 Å². The average molecular weight is 429 g/mol. The van der Waals surface area contributed by atoms with E-state index >= 15 is 0 Å². The molecule has 1 amide bonds. The fraction of sp³-hybridized carbons (Fsp3) is 0.0476. The van der Waals surface area contributed by atoms with Crippen molar-refractivity contribution in [2.45, 2.75) is 6.92 Å². The Hall–Kier alpha value is -2.47. The summed E-state index contributed by atoms with van der Waals surface area (Å²) in [7, 11) is 0. The maximum Gasteiger partial charge on any atom is 0.264 e. The summed E-state index contributed by atoms with van der Waals surface area (Å²) < 4.78 is 5.84. The first kappa shape index (κ1) is 18.9. The summed E-state index contributed by atoms with van der Waals surface area (Å²) in [5.41, 5.74) is 2.68. The monoisotopic (exact) mass is 428 g/mol. The first-order valence-electron chi connectivity index (χ1n) is 8.40. The van der Waals surface area contributed by atoms with E-state index in [-0.39, 0.29) is 5.91 Å². The van der Waals surface area contributed by atoms with E-state index in [2.05, 4.69) is 10.3 Å². The summed E-state index contributed by atoms with van der Waals surface area (Å²) >= 11 is 13.3. The molecule has 4 rings (SSSR count). The van der Waals surface area contributed by atoms with Crippen molar-refractivity contribution in [3.05, 3.63) is 80.9 Å². The predicted octanol–water partition coefficient (Wildman–Crippen LogP) is 6.45. The van der Waals surface area contributed by atoms with Crippen LogP contribution in [0.3, 0.4) is 0 Å². The minimum absolute atomic E-state index is 0.204. The van der Waals surface area contributed by atoms with Gasteiger partial charge in [0.2, 0.25) is 0 Å². The van der Waals surface area contributed by atoms with Crippen molar-refractivity contribution in [3.63, 3.8) is 0 Å². The SMILES string of the molecule is Cc1ccccc1N=C1NC(=O)/C(=C\c2ccc(-c3ccc(Cl)c(Cl)c3)o2)S1. The highest BCUT2D eigenvalue weighted by Crippen LogP contribution is 2.32. The zero-order valence-electron chi connectivity index (χ0n) is 14.7. The Balaban J connectivity index is 1.56. The Bertz CT molecular complexity index is 1130. The van der Waals surface area contributed by atoms with E-state index in [1.807, 2.05) is 43.3 Å². The summed E-state index contributed by atoms with van der Waals surface area (Å²) in [5.74, 6) is 1.00. The average Bonchev–Trinajstić information content (AvgIpc) is 3.27. The third kappa shape index (κ3) is 4.02. The van der Waals surface area contributed by atoms with Gasteiger partial charge >= 0.3 is 0 Å². The zero-order valence-corrected chi connectivity index (χ0v) is 17.0. The fourth-order valence-corrected chi connectivity index (χ4v) is 3.76. The number of amidine groups is 1. The second kappa shape index (κ2) is 7.87. The van der Waals surface area contributed by atoms with E-state index in [1.165, 1.54) is 11.8 Å². The molecule has 2 aromatic carbocycles. The second-order valence-corrected chi connectivity index (χ2v) is 7.94. The molecule has 0 aliphatic carbocycles. The van der Waals surface area contributed by atoms with Crippen molar-refractivity contribution in [3.8, 4) is 11.3 Å². The van der Waals surface area contributed by atoms with Crippen LogP contribution < -0.4 is 5.32 Å². The van der Waals surface area contributed by atoms with Gasteiger partial charge in [0, 0.05) is 11.6 Å². The molecular weight excluding hydrogens is 415 g/mol. The molecule has 2 heterocycles. The molecule has 1 aliphatic heterocycles. The maximum absolute atomic E-state index is 12.3. The molecule has 1 N–H and O–H groups in total. The van der Waals surface area contributed by atoms with Crippen molar-refractivity contribution in [1.82, 2.24) is 5.32 Å². The number of nitrogens with zero attached hydrogens (tertiary/aromatic N) is 1. The summed E-state index contributed by atoms with van der Waals surface area (Å²) in [6, 6.07) is 16.7. The number of hydrogen-bond acceptors (Lipinski definition) is 4. The molecular formula is C21H14Cl2N2O2S. The minimum atomic E-state index is -0.204. The van der Waals surface area contributed by atoms with E-state index in [9.17, 15) is 4.79 Å². The molecule has 0 spiro atoms. The first-order chi connectivity index (χ1) is 13.5. The molecule has 3 aromatic rings. The largest absolute Gasteiger partial charge is 0.457 e. The van der Waals surface area contributed by atoms with Crippen LogP contribution in [-0.2, 0) is 4.79 Å². The van der Waals surface area contributed by atoms with Crippen molar-refractivity contribution in [1.29, 1.82) is 0 Å². The van der Waals surface area contributed by atoms with Gasteiger partial charge in [-0.15, -0.1) is 0 Å². The van der Waals surface area contributed by atoms with Crippen LogP contribution in [0.15, 0.2) is 68.9 Å². The molecule has 7 heteroatoms. The lowest BCUT2D eigenvalue weighted by atomic mass is 10.2. The van der Waals surface area contributed by atoms with Gasteiger partial charge in [0.1, 0.15) is 11.5 Å². The lowest BCUT2D eigenvalue weighted by Gasteiger charge is -2.00. The first-order valence-corrected chi connectivity index (χ1v) is 9.97. The number of aliphatic imine (C=N–C) groups is 1. The van der Waals surface area contributed by atoms with Gasteiger partial charge in [0.25, 0.3) is 5.91 Å². The quantitative estimate of drug-likeness (QED) is 0.487. The minimum Gasteiger partial charge on any atom is -0.457 e. The highest BCUT2D eigenvalue weighted by molar-refractivity contribution is 8.18. The molecule has 0 radical (unpaired) electrons. The van der Waals surface area contributed by atoms with E-state index in [4.69, 9.17) is 27.6 Å². The summed E-state index contributed by atoms with van der Waals surface area (Å²) in [6.45, 7) is 1.98. The molecule has 1 fully saturated rings. The molecule has 0 atom stereocenters. The highest BCUT2D eigenvalue weighted by Gasteiger charge is 2.24. The van der Waals surface area contributed by atoms with Crippen molar-refractivity contribution in [2.75, 3.05) is 0 Å². The van der Waals surface area contributed by atoms with Crippen molar-refractivity contribution >= 4 is 57.8 Å². The third-order valence-corrected chi connectivity index (χ3v) is 5.74. The Morgan fingerprint density at radius 2 is 1.89 bits per heavy atom. The second-order valence-electron chi connectivity index (χ2n) is 6.10. The van der Waals surface area contributed by atoms with Gasteiger partial charge in [-0.1, -0.05) is 41.4 Å². The van der Waals surface area contributed by atoms with Gasteiger partial charge in [0.05, 0.1) is 20.6 Å². The number of furan rings is 1. The molecule has 0 saturated carbocycles. The number of hydrogen-bond donors (Lipinski definition) is 1. The van der Waals surface area contributed by atoms with Crippen molar-refractivity contribution in [2.24, 2.45) is 4.99 Å². The lowest BCUT2D eigenvalue weighted by molar-refractivity contribution is -0.115. The number of halogens is 2. The van der Waals surface area contributed by atoms with Crippen molar-refractivity contribution < 1.29 is 9.21 Å². The van der Waals surface area contributed by atoms with E-state index in [0.717, 1.165) is 16.8 Å². The molecule has 1 aromatic heterocycles. The topological polar surface area (TPSA) is 54.6 Å². The van der Waals surface area contributed by atoms with Gasteiger partial charge in [0.15, 0.2) is 5.17 Å². The van der Waals surface area contributed by atoms with Gasteiger partial charge in [-0.2, -0.15) is 0 Å². The Morgan fingerprint density at radius 1 is 1.07 bits per heavy atom. The summed E-state index contributed by atoms with van der Waals surface area (Å²) in [6.07, 6.45) is 1.70. The van der Waals surface area contributed by atoms with Crippen LogP contribution >= 0.6 is 35.0 Å². The summed E-state index contributed by atoms with van der Waals surface area (Å²) in [5, 5.41) is 4.27. The number of para-hydroxylation sites is 1. The Kier molecular flexibility index (Phi) is 5.31. The number of thioether (sulfide) groups is 1. The molecule has 140 valence electrons. The maximum atomic E-state index is 12.3. The van der Waals surface area contributed by atoms with Crippen LogP contribution in [0.25, 0.3) is 17.4 Å². The molecule has 28 heavy (non-hydrogen) atoms. The number of rotatable bonds is 3. The number of carbonyl (C=O) groups excluding carboxylic acids is 1. The van der Waals surface area contributed by atoms with E-state index < -0.39 is 0 Å². The van der Waals surface area contributed by atoms with E-state index in [0.29, 0.717) is 31.6 Å². The van der Waals surface area contributed by atoms with Crippen LogP contribution in [0.5, 0.6) is 0 Å². The number of carbonyl (C=O) groups is 1. The Morgan fingerprint density at radius 3 is 2.68 bits per heavy atom. The van der Waals surface area contributed by atoms with Crippen LogP contribution in [-0.4, -0.2) is 11.1 Å². The van der Waals surface area contributed by atoms with Gasteiger partial charge < -0.3 is 9.73 Å². The number of amides is 1. The van der Waals surface area contributed by atoms with Crippen LogP contribution in [0, 0.1) is 6.92 Å². The molecule has 1 saturated heterocycles. The van der Waals surface area contributed by atoms with E-state index in [1.54, 1.807) is 24.3 Å². The fourth-order valence-electron chi connectivity index (χ4n) is 2.64. The molecule has 0 unspecified atom stereocenters. The number of nitrogens with one attached hydrogen (secondary N) is 1. The Labute approximate surface area is 176 Å². The van der Waals surface area contributed by atoms with Crippen LogP contribution in [0.1, 0.15) is 11.3 Å². The standard InChI is InChI=1S/C21H14Cl2N2O2S/c1-12-4-2-3-5-17(12)24-21-25-20(26)19(28-21)11-14-7-9-18(27-14)13-6-8-15(22)16(23)10-13/h2-11H,1H3,(H,24,25,26)/b19-11+. The highest BCUT2D eigenvalue weighted by atomic mass is 35.5. The number of aryl methyl sites for hydroxylation is 1. The third-order valence-electron chi connectivity index (χ3n) is 4.09.